The molecule has 2 N–H and O–H groups in total. The third-order valence-electron chi connectivity index (χ3n) is 8.79. The minimum Gasteiger partial charge on any atom is -0.508 e. The highest BCUT2D eigenvalue weighted by atomic mass is 16.3. The summed E-state index contributed by atoms with van der Waals surface area (Å²) in [6, 6.07) is 12.0. The third kappa shape index (κ3) is 3.87. The van der Waals surface area contributed by atoms with Crippen molar-refractivity contribution in [2.24, 2.45) is 17.8 Å². The van der Waals surface area contributed by atoms with Gasteiger partial charge in [0.25, 0.3) is 0 Å². The number of aromatic hydroxyl groups is 2. The molecular weight excluding hydrogens is 494 g/mol. The molecule has 0 bridgehead atoms. The third-order valence-corrected chi connectivity index (χ3v) is 8.79. The number of amides is 2. The van der Waals surface area contributed by atoms with Gasteiger partial charge in [0.05, 0.1) is 11.8 Å². The number of imide groups is 1. The van der Waals surface area contributed by atoms with Crippen molar-refractivity contribution in [3.63, 3.8) is 0 Å². The van der Waals surface area contributed by atoms with Crippen LogP contribution in [0.4, 0.5) is 0 Å². The highest BCUT2D eigenvalue weighted by Gasteiger charge is 2.56. The van der Waals surface area contributed by atoms with E-state index < -0.39 is 23.7 Å². The summed E-state index contributed by atoms with van der Waals surface area (Å²) in [5.74, 6) is -2.96. The Bertz CT molecular complexity index is 1540. The maximum atomic E-state index is 13.8. The summed E-state index contributed by atoms with van der Waals surface area (Å²) in [6.45, 7) is 3.63. The Labute approximate surface area is 226 Å². The van der Waals surface area contributed by atoms with E-state index in [0.717, 1.165) is 11.1 Å². The number of ketones is 2. The molecule has 6 rings (SSSR count). The van der Waals surface area contributed by atoms with Crippen LogP contribution in [-0.2, 0) is 25.6 Å². The number of hydrogen-bond donors (Lipinski definition) is 2. The van der Waals surface area contributed by atoms with Gasteiger partial charge in [-0.2, -0.15) is 0 Å². The fourth-order valence-corrected chi connectivity index (χ4v) is 6.84. The molecule has 1 aliphatic heterocycles. The van der Waals surface area contributed by atoms with E-state index in [4.69, 9.17) is 0 Å². The minimum atomic E-state index is -0.658. The van der Waals surface area contributed by atoms with Gasteiger partial charge in [-0.15, -0.1) is 0 Å². The number of nitrogens with zero attached hydrogens (tertiary/aromatic N) is 1. The number of likely N-dealkylation sites (tertiary alicyclic amines) is 1. The molecule has 2 amide bonds. The van der Waals surface area contributed by atoms with Gasteiger partial charge in [-0.1, -0.05) is 42.0 Å². The predicted molar refractivity (Wildman–Crippen MR) is 143 cm³/mol. The number of para-hydroxylation sites is 1. The summed E-state index contributed by atoms with van der Waals surface area (Å²) in [5, 5.41) is 20.6. The van der Waals surface area contributed by atoms with Crippen LogP contribution >= 0.6 is 0 Å². The molecule has 0 aromatic heterocycles. The molecule has 0 unspecified atom stereocenters. The average molecular weight is 524 g/mol. The van der Waals surface area contributed by atoms with Crippen LogP contribution in [0.15, 0.2) is 76.9 Å². The van der Waals surface area contributed by atoms with Crippen LogP contribution in [0.5, 0.6) is 11.5 Å². The number of Topliss-reactive ketones (excluding diaryl/α,β-unsaturated/α-hetero) is 1. The van der Waals surface area contributed by atoms with Crippen molar-refractivity contribution in [3.8, 4) is 11.5 Å². The predicted octanol–water partition coefficient (Wildman–Crippen LogP) is 4.08. The first kappa shape index (κ1) is 25.0. The number of carbonyl (C=O) groups excluding carboxylic acids is 4. The SMILES string of the molecule is CC1=CC(=O)C2=C(C[C@@H]3C(=CC[C@@H]4C(=O)N(CCc5ccc(O)cc5)C(=O)[C@@H]43)[C@@H]2c2cccc(C)c2O)C1=O. The van der Waals surface area contributed by atoms with E-state index in [9.17, 15) is 29.4 Å². The fourth-order valence-electron chi connectivity index (χ4n) is 6.84. The number of phenolic OH excluding ortho intramolecular Hbond substituents is 2. The molecule has 7 heteroatoms. The molecule has 0 radical (unpaired) electrons. The first-order chi connectivity index (χ1) is 18.7. The first-order valence-electron chi connectivity index (χ1n) is 13.3. The minimum absolute atomic E-state index is 0.0638. The second kappa shape index (κ2) is 9.19. The van der Waals surface area contributed by atoms with E-state index in [-0.39, 0.29) is 47.8 Å². The highest BCUT2D eigenvalue weighted by molar-refractivity contribution is 6.23. The maximum absolute atomic E-state index is 13.8. The Morgan fingerprint density at radius 3 is 2.41 bits per heavy atom. The fraction of sp³-hybridized carbons (Fsp3) is 0.312. The lowest BCUT2D eigenvalue weighted by molar-refractivity contribution is -0.140. The van der Waals surface area contributed by atoms with E-state index in [1.165, 1.54) is 11.0 Å². The quantitative estimate of drug-likeness (QED) is 0.355. The monoisotopic (exact) mass is 523 g/mol. The van der Waals surface area contributed by atoms with Crippen LogP contribution in [0, 0.1) is 24.7 Å². The number of aryl methyl sites for hydroxylation is 1. The van der Waals surface area contributed by atoms with Crippen molar-refractivity contribution in [3.05, 3.63) is 93.6 Å². The van der Waals surface area contributed by atoms with Crippen LogP contribution < -0.4 is 0 Å². The van der Waals surface area contributed by atoms with E-state index in [0.29, 0.717) is 40.7 Å². The molecule has 39 heavy (non-hydrogen) atoms. The number of allylic oxidation sites excluding steroid dienone is 6. The summed E-state index contributed by atoms with van der Waals surface area (Å²) in [7, 11) is 0. The largest absolute Gasteiger partial charge is 0.508 e. The average Bonchev–Trinajstić information content (AvgIpc) is 3.16. The normalized spacial score (nSPS) is 26.3. The molecule has 4 aliphatic rings. The topological polar surface area (TPSA) is 112 Å². The molecule has 1 saturated heterocycles. The van der Waals surface area contributed by atoms with Gasteiger partial charge in [-0.05, 0) is 68.4 Å². The Kier molecular flexibility index (Phi) is 5.90. The molecule has 198 valence electrons. The first-order valence-corrected chi connectivity index (χ1v) is 13.3. The Morgan fingerprint density at radius 1 is 0.923 bits per heavy atom. The van der Waals surface area contributed by atoms with Crippen LogP contribution in [0.2, 0.25) is 0 Å². The molecule has 0 spiro atoms. The van der Waals surface area contributed by atoms with E-state index in [1.807, 2.05) is 12.1 Å². The Balaban J connectivity index is 1.39. The van der Waals surface area contributed by atoms with Crippen molar-refractivity contribution in [1.82, 2.24) is 4.90 Å². The van der Waals surface area contributed by atoms with E-state index in [1.54, 1.807) is 50.2 Å². The van der Waals surface area contributed by atoms with Crippen LogP contribution in [0.1, 0.15) is 42.4 Å². The molecule has 4 atom stereocenters. The molecule has 1 fully saturated rings. The van der Waals surface area contributed by atoms with Gasteiger partial charge in [0.15, 0.2) is 11.6 Å². The van der Waals surface area contributed by atoms with Crippen LogP contribution in [-0.4, -0.2) is 45.0 Å². The lowest BCUT2D eigenvalue weighted by atomic mass is 9.59. The van der Waals surface area contributed by atoms with Crippen LogP contribution in [0.3, 0.4) is 0 Å². The molecule has 0 saturated carbocycles. The van der Waals surface area contributed by atoms with Gasteiger partial charge in [0, 0.05) is 34.7 Å². The van der Waals surface area contributed by atoms with Crippen molar-refractivity contribution < 1.29 is 29.4 Å². The van der Waals surface area contributed by atoms with Gasteiger partial charge in [0.1, 0.15) is 11.5 Å². The Morgan fingerprint density at radius 2 is 1.67 bits per heavy atom. The molecule has 2 aromatic carbocycles. The van der Waals surface area contributed by atoms with Crippen LogP contribution in [0.25, 0.3) is 0 Å². The van der Waals surface area contributed by atoms with Gasteiger partial charge in [-0.3, -0.25) is 24.1 Å². The summed E-state index contributed by atoms with van der Waals surface area (Å²) >= 11 is 0. The molecule has 2 aromatic rings. The smallest absolute Gasteiger partial charge is 0.233 e. The van der Waals surface area contributed by atoms with Gasteiger partial charge in [-0.25, -0.2) is 0 Å². The van der Waals surface area contributed by atoms with Gasteiger partial charge in [0.2, 0.25) is 11.8 Å². The zero-order valence-corrected chi connectivity index (χ0v) is 21.8. The number of benzene rings is 2. The number of carbonyl (C=O) groups is 4. The zero-order chi connectivity index (χ0) is 27.6. The molecule has 7 nitrogen and oxygen atoms in total. The van der Waals surface area contributed by atoms with Gasteiger partial charge >= 0.3 is 0 Å². The summed E-state index contributed by atoms with van der Waals surface area (Å²) in [4.78, 5) is 55.3. The summed E-state index contributed by atoms with van der Waals surface area (Å²) in [5.41, 5.74) is 4.02. The number of hydrogen-bond acceptors (Lipinski definition) is 6. The van der Waals surface area contributed by atoms with Crippen molar-refractivity contribution >= 4 is 23.4 Å². The number of phenols is 2. The zero-order valence-electron chi connectivity index (χ0n) is 21.8. The summed E-state index contributed by atoms with van der Waals surface area (Å²) in [6.07, 6.45) is 4.36. The van der Waals surface area contributed by atoms with Crippen molar-refractivity contribution in [2.75, 3.05) is 6.54 Å². The Hall–Kier alpha value is -4.26. The van der Waals surface area contributed by atoms with E-state index in [2.05, 4.69) is 0 Å². The molecular formula is C32H29NO6. The van der Waals surface area contributed by atoms with Crippen molar-refractivity contribution in [1.29, 1.82) is 0 Å². The number of rotatable bonds is 4. The highest BCUT2D eigenvalue weighted by Crippen LogP contribution is 2.56. The second-order valence-electron chi connectivity index (χ2n) is 11.0. The second-order valence-corrected chi connectivity index (χ2v) is 11.0. The molecule has 3 aliphatic carbocycles. The standard InChI is InChI=1S/C32H29NO6/c1-16-4-3-5-21(29(16)36)26-20-10-11-22-27(23(20)15-24-28(26)25(35)14-17(2)30(24)37)32(39)33(31(22)38)13-12-18-6-8-19(34)9-7-18/h3-10,14,22-23,26-27,34,36H,11-13,15H2,1-2H3/t22-,23+,26+,27-/m0/s1. The van der Waals surface area contributed by atoms with E-state index >= 15 is 0 Å². The maximum Gasteiger partial charge on any atom is 0.233 e. The van der Waals surface area contributed by atoms with Gasteiger partial charge < -0.3 is 10.2 Å². The number of fused-ring (bicyclic) bond motifs is 3. The lowest BCUT2D eigenvalue weighted by Crippen LogP contribution is -2.40. The summed E-state index contributed by atoms with van der Waals surface area (Å²) < 4.78 is 0. The van der Waals surface area contributed by atoms with Crippen molar-refractivity contribution in [2.45, 2.75) is 39.0 Å². The lowest BCUT2D eigenvalue weighted by Gasteiger charge is -2.42. The molecule has 1 heterocycles.